The predicted molar refractivity (Wildman–Crippen MR) is 119 cm³/mol. The van der Waals surface area contributed by atoms with Crippen LogP contribution in [-0.2, 0) is 11.2 Å². The summed E-state index contributed by atoms with van der Waals surface area (Å²) < 4.78 is 32.5. The van der Waals surface area contributed by atoms with Gasteiger partial charge in [-0.2, -0.15) is 0 Å². The number of hydrogen-bond donors (Lipinski definition) is 0. The molecule has 1 aliphatic heterocycles. The zero-order chi connectivity index (χ0) is 23.5. The number of piperazine rings is 1. The fourth-order valence-electron chi connectivity index (χ4n) is 3.63. The first-order chi connectivity index (χ1) is 15.8. The lowest BCUT2D eigenvalue weighted by Crippen LogP contribution is -2.50. The van der Waals surface area contributed by atoms with Crippen molar-refractivity contribution >= 4 is 35.0 Å². The summed E-state index contributed by atoms with van der Waals surface area (Å²) in [7, 11) is 0. The van der Waals surface area contributed by atoms with Crippen LogP contribution in [0.3, 0.4) is 0 Å². The Bertz CT molecular complexity index is 1170. The van der Waals surface area contributed by atoms with E-state index in [1.54, 1.807) is 28.0 Å². The lowest BCUT2D eigenvalue weighted by atomic mass is 10.1. The lowest BCUT2D eigenvalue weighted by molar-refractivity contribution is -0.132. The Balaban J connectivity index is 1.29. The summed E-state index contributed by atoms with van der Waals surface area (Å²) in [6.07, 6.45) is 1.74. The molecule has 33 heavy (non-hydrogen) atoms. The third kappa shape index (κ3) is 5.51. The maximum absolute atomic E-state index is 13.9. The smallest absolute Gasteiger partial charge is 0.254 e. The maximum Gasteiger partial charge on any atom is 0.254 e. The molecule has 10 heteroatoms. The highest BCUT2D eigenvalue weighted by Gasteiger charge is 2.25. The topological polar surface area (TPSA) is 66.7 Å². The summed E-state index contributed by atoms with van der Waals surface area (Å²) in [6.45, 7) is 1.58. The Morgan fingerprint density at radius 1 is 0.970 bits per heavy atom. The predicted octanol–water partition coefficient (Wildman–Crippen LogP) is 4.84. The second-order valence-corrected chi connectivity index (χ2v) is 8.45. The molecule has 0 atom stereocenters. The minimum atomic E-state index is -0.749. The van der Waals surface area contributed by atoms with Crippen LogP contribution in [0.15, 0.2) is 47.0 Å². The molecule has 172 valence electrons. The van der Waals surface area contributed by atoms with E-state index in [9.17, 15) is 18.4 Å². The average Bonchev–Trinajstić information content (AvgIpc) is 3.25. The third-order valence-electron chi connectivity index (χ3n) is 5.33. The van der Waals surface area contributed by atoms with Crippen LogP contribution in [0.4, 0.5) is 8.78 Å². The first kappa shape index (κ1) is 23.2. The third-order valence-corrected chi connectivity index (χ3v) is 5.77. The number of amides is 2. The number of oxazole rings is 1. The van der Waals surface area contributed by atoms with Gasteiger partial charge in [-0.05, 0) is 30.3 Å². The van der Waals surface area contributed by atoms with E-state index in [-0.39, 0.29) is 41.9 Å². The van der Waals surface area contributed by atoms with Crippen LogP contribution in [0.5, 0.6) is 0 Å². The first-order valence-electron chi connectivity index (χ1n) is 10.2. The summed E-state index contributed by atoms with van der Waals surface area (Å²) in [4.78, 5) is 32.7. The van der Waals surface area contributed by atoms with E-state index < -0.39 is 11.6 Å². The molecule has 6 nitrogen and oxygen atoms in total. The van der Waals surface area contributed by atoms with Crippen molar-refractivity contribution < 1.29 is 22.8 Å². The molecule has 0 spiro atoms. The van der Waals surface area contributed by atoms with Crippen molar-refractivity contribution in [2.45, 2.75) is 12.8 Å². The monoisotopic (exact) mass is 493 g/mol. The van der Waals surface area contributed by atoms with Crippen molar-refractivity contribution in [2.75, 3.05) is 26.2 Å². The van der Waals surface area contributed by atoms with Crippen molar-refractivity contribution in [3.05, 3.63) is 75.7 Å². The van der Waals surface area contributed by atoms with Gasteiger partial charge in [-0.25, -0.2) is 13.8 Å². The highest BCUT2D eigenvalue weighted by atomic mass is 35.5. The van der Waals surface area contributed by atoms with Crippen LogP contribution in [0.25, 0.3) is 11.3 Å². The molecular formula is C23H19Cl2F2N3O3. The van der Waals surface area contributed by atoms with E-state index in [1.807, 2.05) is 0 Å². The standard InChI is InChI=1S/C23H19Cl2F2N3O3/c24-15-9-14(10-16(25)11-15)23(32)30-7-5-29(6-8-30)22(31)4-3-21-28-13-20(33-21)18-2-1-17(26)12-19(18)27/h1-2,9-13H,3-8H2. The first-order valence-corrected chi connectivity index (χ1v) is 11.0. The normalized spacial score (nSPS) is 13.9. The van der Waals surface area contributed by atoms with Gasteiger partial charge in [-0.3, -0.25) is 9.59 Å². The van der Waals surface area contributed by atoms with Crippen LogP contribution in [0.2, 0.25) is 10.0 Å². The zero-order valence-electron chi connectivity index (χ0n) is 17.4. The molecule has 2 amide bonds. The molecule has 1 fully saturated rings. The van der Waals surface area contributed by atoms with Crippen molar-refractivity contribution in [1.29, 1.82) is 0 Å². The largest absolute Gasteiger partial charge is 0.441 e. The molecule has 4 rings (SSSR count). The summed E-state index contributed by atoms with van der Waals surface area (Å²) in [5.74, 6) is -1.26. The van der Waals surface area contributed by atoms with E-state index in [0.29, 0.717) is 41.8 Å². The van der Waals surface area contributed by atoms with Gasteiger partial charge >= 0.3 is 0 Å². The molecule has 1 aliphatic rings. The minimum Gasteiger partial charge on any atom is -0.441 e. The quantitative estimate of drug-likeness (QED) is 0.509. The molecule has 2 heterocycles. The molecule has 1 saturated heterocycles. The van der Waals surface area contributed by atoms with Crippen LogP contribution in [0.1, 0.15) is 22.7 Å². The fraction of sp³-hybridized carbons (Fsp3) is 0.261. The Labute approximate surface area is 198 Å². The summed E-state index contributed by atoms with van der Waals surface area (Å²) in [6, 6.07) is 7.87. The second-order valence-electron chi connectivity index (χ2n) is 7.57. The number of rotatable bonds is 5. The minimum absolute atomic E-state index is 0.0967. The van der Waals surface area contributed by atoms with Crippen LogP contribution in [-0.4, -0.2) is 52.8 Å². The molecule has 2 aromatic carbocycles. The van der Waals surface area contributed by atoms with Crippen molar-refractivity contribution in [3.63, 3.8) is 0 Å². The van der Waals surface area contributed by atoms with Gasteiger partial charge < -0.3 is 14.2 Å². The maximum atomic E-state index is 13.9. The lowest BCUT2D eigenvalue weighted by Gasteiger charge is -2.35. The highest BCUT2D eigenvalue weighted by molar-refractivity contribution is 6.35. The summed E-state index contributed by atoms with van der Waals surface area (Å²) in [5, 5.41) is 0.771. The molecule has 1 aromatic heterocycles. The van der Waals surface area contributed by atoms with Gasteiger partial charge in [-0.15, -0.1) is 0 Å². The van der Waals surface area contributed by atoms with Gasteiger partial charge in [-0.1, -0.05) is 23.2 Å². The number of nitrogens with zero attached hydrogens (tertiary/aromatic N) is 3. The highest BCUT2D eigenvalue weighted by Crippen LogP contribution is 2.25. The van der Waals surface area contributed by atoms with Gasteiger partial charge in [0.2, 0.25) is 5.91 Å². The molecule has 3 aromatic rings. The Morgan fingerprint density at radius 3 is 2.30 bits per heavy atom. The Hall–Kier alpha value is -2.97. The fourth-order valence-corrected chi connectivity index (χ4v) is 4.16. The van der Waals surface area contributed by atoms with Crippen molar-refractivity contribution in [3.8, 4) is 11.3 Å². The summed E-state index contributed by atoms with van der Waals surface area (Å²) >= 11 is 12.0. The van der Waals surface area contributed by atoms with E-state index >= 15 is 0 Å². The van der Waals surface area contributed by atoms with Crippen LogP contribution >= 0.6 is 23.2 Å². The van der Waals surface area contributed by atoms with Crippen molar-refractivity contribution in [1.82, 2.24) is 14.8 Å². The molecule has 0 radical (unpaired) electrons. The average molecular weight is 494 g/mol. The number of carbonyl (C=O) groups excluding carboxylic acids is 2. The number of halogens is 4. The number of aromatic nitrogens is 1. The zero-order valence-corrected chi connectivity index (χ0v) is 18.9. The Kier molecular flexibility index (Phi) is 6.95. The van der Waals surface area contributed by atoms with Gasteiger partial charge in [0.1, 0.15) is 11.6 Å². The molecule has 0 bridgehead atoms. The second kappa shape index (κ2) is 9.89. The van der Waals surface area contributed by atoms with Gasteiger partial charge in [0.25, 0.3) is 5.91 Å². The van der Waals surface area contributed by atoms with Gasteiger partial charge in [0.05, 0.1) is 11.8 Å². The molecular weight excluding hydrogens is 475 g/mol. The van der Waals surface area contributed by atoms with E-state index in [0.717, 1.165) is 12.1 Å². The molecule has 0 unspecified atom stereocenters. The number of hydrogen-bond acceptors (Lipinski definition) is 4. The van der Waals surface area contributed by atoms with Gasteiger partial charge in [0, 0.05) is 60.7 Å². The van der Waals surface area contributed by atoms with Crippen LogP contribution < -0.4 is 0 Å². The van der Waals surface area contributed by atoms with Crippen LogP contribution in [0, 0.1) is 11.6 Å². The van der Waals surface area contributed by atoms with Crippen molar-refractivity contribution in [2.24, 2.45) is 0 Å². The van der Waals surface area contributed by atoms with E-state index in [4.69, 9.17) is 27.6 Å². The number of aryl methyl sites for hydroxylation is 1. The number of benzene rings is 2. The molecule has 0 saturated carbocycles. The SMILES string of the molecule is O=C(CCc1ncc(-c2ccc(F)cc2F)o1)N1CCN(C(=O)c2cc(Cl)cc(Cl)c2)CC1. The van der Waals surface area contributed by atoms with E-state index in [2.05, 4.69) is 4.98 Å². The summed E-state index contributed by atoms with van der Waals surface area (Å²) in [5.41, 5.74) is 0.507. The Morgan fingerprint density at radius 2 is 1.64 bits per heavy atom. The van der Waals surface area contributed by atoms with E-state index in [1.165, 1.54) is 12.3 Å². The molecule has 0 N–H and O–H groups in total. The molecule has 0 aliphatic carbocycles. The van der Waals surface area contributed by atoms with Gasteiger partial charge in [0.15, 0.2) is 11.7 Å². The number of carbonyl (C=O) groups is 2.